The number of rotatable bonds is 5. The van der Waals surface area contributed by atoms with Crippen LogP contribution in [0.4, 0.5) is 0 Å². The van der Waals surface area contributed by atoms with E-state index < -0.39 is 5.41 Å². The Morgan fingerprint density at radius 2 is 1.72 bits per heavy atom. The van der Waals surface area contributed by atoms with Gasteiger partial charge in [-0.05, 0) is 38.3 Å². The second kappa shape index (κ2) is 5.26. The zero-order chi connectivity index (χ0) is 13.9. The van der Waals surface area contributed by atoms with Gasteiger partial charge in [-0.1, -0.05) is 48.6 Å². The molecule has 0 amide bonds. The van der Waals surface area contributed by atoms with Gasteiger partial charge in [0.15, 0.2) is 0 Å². The fourth-order valence-corrected chi connectivity index (χ4v) is 2.02. The van der Waals surface area contributed by atoms with Gasteiger partial charge in [0.2, 0.25) is 0 Å². The SMILES string of the molecule is C=CC(C)(CC(=C)c1cc(C)cc(C)c1)C(=C)O. The molecule has 0 aliphatic rings. The average molecular weight is 242 g/mol. The Morgan fingerprint density at radius 3 is 2.11 bits per heavy atom. The molecule has 0 saturated heterocycles. The molecule has 1 rings (SSSR count). The van der Waals surface area contributed by atoms with Crippen LogP contribution in [-0.4, -0.2) is 5.11 Å². The van der Waals surface area contributed by atoms with E-state index in [0.717, 1.165) is 11.1 Å². The zero-order valence-electron chi connectivity index (χ0n) is 11.6. The van der Waals surface area contributed by atoms with Crippen LogP contribution in [0.5, 0.6) is 0 Å². The Hall–Kier alpha value is -1.76. The van der Waals surface area contributed by atoms with Crippen LogP contribution in [0.15, 0.2) is 49.8 Å². The second-order valence-corrected chi connectivity index (χ2v) is 5.23. The van der Waals surface area contributed by atoms with Gasteiger partial charge in [-0.15, -0.1) is 6.58 Å². The first kappa shape index (κ1) is 14.3. The third-order valence-corrected chi connectivity index (χ3v) is 3.32. The minimum atomic E-state index is -0.519. The van der Waals surface area contributed by atoms with E-state index in [1.165, 1.54) is 11.1 Å². The molecule has 0 saturated carbocycles. The molecule has 1 heteroatoms. The summed E-state index contributed by atoms with van der Waals surface area (Å²) < 4.78 is 0. The van der Waals surface area contributed by atoms with E-state index in [1.807, 2.05) is 6.92 Å². The molecule has 0 aromatic heterocycles. The highest BCUT2D eigenvalue weighted by atomic mass is 16.3. The molecule has 1 atom stereocenters. The first-order valence-corrected chi connectivity index (χ1v) is 6.07. The summed E-state index contributed by atoms with van der Waals surface area (Å²) in [6, 6.07) is 6.35. The standard InChI is InChI=1S/C17H22O/c1-7-17(6,15(5)18)11-14(4)16-9-12(2)8-13(3)10-16/h7-10,18H,1,4-5,11H2,2-3,6H3. The first-order chi connectivity index (χ1) is 8.28. The van der Waals surface area contributed by atoms with Gasteiger partial charge in [-0.2, -0.15) is 0 Å². The van der Waals surface area contributed by atoms with Crippen molar-refractivity contribution in [1.29, 1.82) is 0 Å². The van der Waals surface area contributed by atoms with Crippen LogP contribution >= 0.6 is 0 Å². The number of aliphatic hydroxyl groups excluding tert-OH is 1. The predicted molar refractivity (Wildman–Crippen MR) is 79.6 cm³/mol. The van der Waals surface area contributed by atoms with Crippen molar-refractivity contribution in [2.75, 3.05) is 0 Å². The lowest BCUT2D eigenvalue weighted by Crippen LogP contribution is -2.15. The molecular weight excluding hydrogens is 220 g/mol. The van der Waals surface area contributed by atoms with E-state index in [9.17, 15) is 5.11 Å². The van der Waals surface area contributed by atoms with Crippen LogP contribution < -0.4 is 0 Å². The number of benzene rings is 1. The van der Waals surface area contributed by atoms with Crippen LogP contribution in [0.2, 0.25) is 0 Å². The van der Waals surface area contributed by atoms with Crippen molar-refractivity contribution in [3.05, 3.63) is 66.5 Å². The smallest absolute Gasteiger partial charge is 0.0950 e. The zero-order valence-corrected chi connectivity index (χ0v) is 11.6. The summed E-state index contributed by atoms with van der Waals surface area (Å²) in [5.74, 6) is 0.128. The lowest BCUT2D eigenvalue weighted by molar-refractivity contribution is 0.293. The first-order valence-electron chi connectivity index (χ1n) is 6.07. The van der Waals surface area contributed by atoms with Crippen molar-refractivity contribution >= 4 is 5.57 Å². The molecule has 0 heterocycles. The van der Waals surface area contributed by atoms with Crippen LogP contribution in [0.1, 0.15) is 30.0 Å². The Bertz CT molecular complexity index is 476. The summed E-state index contributed by atoms with van der Waals surface area (Å²) >= 11 is 0. The molecule has 0 spiro atoms. The minimum absolute atomic E-state index is 0.128. The van der Waals surface area contributed by atoms with Crippen LogP contribution in [-0.2, 0) is 0 Å². The molecule has 0 fully saturated rings. The van der Waals surface area contributed by atoms with E-state index in [2.05, 4.69) is 51.8 Å². The van der Waals surface area contributed by atoms with E-state index in [0.29, 0.717) is 6.42 Å². The molecular formula is C17H22O. The molecule has 0 aliphatic heterocycles. The van der Waals surface area contributed by atoms with Gasteiger partial charge < -0.3 is 5.11 Å². The van der Waals surface area contributed by atoms with Gasteiger partial charge in [0.25, 0.3) is 0 Å². The van der Waals surface area contributed by atoms with Gasteiger partial charge in [0.1, 0.15) is 0 Å². The number of hydrogen-bond acceptors (Lipinski definition) is 1. The molecule has 1 unspecified atom stereocenters. The number of aryl methyl sites for hydroxylation is 2. The molecule has 1 aromatic rings. The predicted octanol–water partition coefficient (Wildman–Crippen LogP) is 4.97. The van der Waals surface area contributed by atoms with Crippen molar-refractivity contribution in [1.82, 2.24) is 0 Å². The average Bonchev–Trinajstić information content (AvgIpc) is 2.27. The van der Waals surface area contributed by atoms with E-state index in [4.69, 9.17) is 0 Å². The van der Waals surface area contributed by atoms with Crippen molar-refractivity contribution < 1.29 is 5.11 Å². The van der Waals surface area contributed by atoms with Gasteiger partial charge in [-0.25, -0.2) is 0 Å². The largest absolute Gasteiger partial charge is 0.512 e. The van der Waals surface area contributed by atoms with Gasteiger partial charge >= 0.3 is 0 Å². The van der Waals surface area contributed by atoms with Crippen molar-refractivity contribution in [3.8, 4) is 0 Å². The fourth-order valence-electron chi connectivity index (χ4n) is 2.02. The lowest BCUT2D eigenvalue weighted by Gasteiger charge is -2.25. The quantitative estimate of drug-likeness (QED) is 0.571. The van der Waals surface area contributed by atoms with Crippen LogP contribution in [0.25, 0.3) is 5.57 Å². The normalized spacial score (nSPS) is 13.7. The lowest BCUT2D eigenvalue weighted by atomic mass is 9.80. The van der Waals surface area contributed by atoms with E-state index in [-0.39, 0.29) is 5.76 Å². The molecule has 96 valence electrons. The fraction of sp³-hybridized carbons (Fsp3) is 0.294. The molecule has 1 N–H and O–H groups in total. The highest BCUT2D eigenvalue weighted by Gasteiger charge is 2.25. The van der Waals surface area contributed by atoms with Crippen molar-refractivity contribution in [3.63, 3.8) is 0 Å². The summed E-state index contributed by atoms with van der Waals surface area (Å²) in [4.78, 5) is 0. The highest BCUT2D eigenvalue weighted by Crippen LogP contribution is 2.36. The molecule has 18 heavy (non-hydrogen) atoms. The van der Waals surface area contributed by atoms with Gasteiger partial charge in [0.05, 0.1) is 5.76 Å². The topological polar surface area (TPSA) is 20.2 Å². The number of hydrogen-bond donors (Lipinski definition) is 1. The Kier molecular flexibility index (Phi) is 4.18. The van der Waals surface area contributed by atoms with Crippen molar-refractivity contribution in [2.45, 2.75) is 27.2 Å². The summed E-state index contributed by atoms with van der Waals surface area (Å²) in [7, 11) is 0. The molecule has 0 aliphatic carbocycles. The Balaban J connectivity index is 3.01. The number of allylic oxidation sites excluding steroid dienone is 2. The second-order valence-electron chi connectivity index (χ2n) is 5.23. The third kappa shape index (κ3) is 3.13. The molecule has 1 aromatic carbocycles. The highest BCUT2D eigenvalue weighted by molar-refractivity contribution is 5.65. The summed E-state index contributed by atoms with van der Waals surface area (Å²) in [6.07, 6.45) is 2.35. The van der Waals surface area contributed by atoms with Crippen LogP contribution in [0.3, 0.4) is 0 Å². The van der Waals surface area contributed by atoms with E-state index in [1.54, 1.807) is 6.08 Å². The van der Waals surface area contributed by atoms with E-state index >= 15 is 0 Å². The molecule has 1 nitrogen and oxygen atoms in total. The Morgan fingerprint density at radius 1 is 1.22 bits per heavy atom. The molecule has 0 bridgehead atoms. The summed E-state index contributed by atoms with van der Waals surface area (Å²) in [5, 5.41) is 9.67. The van der Waals surface area contributed by atoms with Crippen molar-refractivity contribution in [2.24, 2.45) is 5.41 Å². The maximum absolute atomic E-state index is 9.67. The van der Waals surface area contributed by atoms with Gasteiger partial charge in [0, 0.05) is 5.41 Å². The number of aliphatic hydroxyl groups is 1. The maximum Gasteiger partial charge on any atom is 0.0950 e. The van der Waals surface area contributed by atoms with Gasteiger partial charge in [-0.3, -0.25) is 0 Å². The summed E-state index contributed by atoms with van der Waals surface area (Å²) in [5.41, 5.74) is 4.01. The maximum atomic E-state index is 9.67. The minimum Gasteiger partial charge on any atom is -0.512 e. The monoisotopic (exact) mass is 242 g/mol. The van der Waals surface area contributed by atoms with Crippen LogP contribution in [0, 0.1) is 19.3 Å². The molecule has 0 radical (unpaired) electrons. The third-order valence-electron chi connectivity index (χ3n) is 3.32. The Labute approximate surface area is 110 Å². The summed E-state index contributed by atoms with van der Waals surface area (Å²) in [6.45, 7) is 17.6.